The molecule has 0 radical (unpaired) electrons. The average Bonchev–Trinajstić information content (AvgIpc) is 2.03. The van der Waals surface area contributed by atoms with Crippen molar-refractivity contribution in [2.75, 3.05) is 6.61 Å². The number of carboxylic acid groups (broad SMARTS) is 2. The quantitative estimate of drug-likeness (QED) is 0.426. The van der Waals surface area contributed by atoms with Crippen molar-refractivity contribution in [1.29, 1.82) is 0 Å². The highest BCUT2D eigenvalue weighted by Crippen LogP contribution is 1.81. The second-order valence-corrected chi connectivity index (χ2v) is 2.21. The molecule has 0 saturated heterocycles. The number of aliphatic hydroxyl groups excluding tert-OH is 1. The first-order chi connectivity index (χ1) is 5.82. The molecule has 0 amide bonds. The highest BCUT2D eigenvalue weighted by Gasteiger charge is 2.06. The van der Waals surface area contributed by atoms with E-state index in [9.17, 15) is 9.59 Å². The minimum Gasteiger partial charge on any atom is -0.480 e. The predicted octanol–water partition coefficient (Wildman–Crippen LogP) is -0.962. The van der Waals surface area contributed by atoms with Crippen LogP contribution in [0.2, 0.25) is 0 Å². The van der Waals surface area contributed by atoms with Gasteiger partial charge in [-0.2, -0.15) is 0 Å². The SMILES string of the molecule is C=C(C)C(=O)O.N[C@@H](CO)C(=O)O. The zero-order valence-corrected chi connectivity index (χ0v) is 7.23. The maximum absolute atomic E-state index is 9.65. The summed E-state index contributed by atoms with van der Waals surface area (Å²) in [5, 5.41) is 23.8. The van der Waals surface area contributed by atoms with Gasteiger partial charge in [0.1, 0.15) is 6.04 Å². The van der Waals surface area contributed by atoms with Gasteiger partial charge in [-0.15, -0.1) is 0 Å². The molecule has 0 aliphatic rings. The highest BCUT2D eigenvalue weighted by molar-refractivity contribution is 5.84. The topological polar surface area (TPSA) is 121 Å². The van der Waals surface area contributed by atoms with Gasteiger partial charge in [-0.3, -0.25) is 4.79 Å². The normalized spacial score (nSPS) is 10.7. The van der Waals surface area contributed by atoms with Gasteiger partial charge in [0, 0.05) is 5.57 Å². The number of nitrogens with two attached hydrogens (primary N) is 1. The number of hydrogen-bond donors (Lipinski definition) is 4. The van der Waals surface area contributed by atoms with Gasteiger partial charge in [0.2, 0.25) is 0 Å². The lowest BCUT2D eigenvalue weighted by Gasteiger charge is -1.96. The molecule has 0 rings (SSSR count). The fraction of sp³-hybridized carbons (Fsp3) is 0.429. The Morgan fingerprint density at radius 3 is 1.77 bits per heavy atom. The Kier molecular flexibility index (Phi) is 7.90. The van der Waals surface area contributed by atoms with Crippen LogP contribution in [-0.2, 0) is 9.59 Å². The monoisotopic (exact) mass is 191 g/mol. The second-order valence-electron chi connectivity index (χ2n) is 2.21. The molecule has 0 aromatic rings. The minimum absolute atomic E-state index is 0.176. The molecule has 76 valence electrons. The fourth-order valence-electron chi connectivity index (χ4n) is 0.0781. The molecule has 13 heavy (non-hydrogen) atoms. The number of carbonyl (C=O) groups is 2. The fourth-order valence-corrected chi connectivity index (χ4v) is 0.0781. The molecule has 0 unspecified atom stereocenters. The van der Waals surface area contributed by atoms with Gasteiger partial charge in [-0.05, 0) is 6.92 Å². The van der Waals surface area contributed by atoms with Crippen LogP contribution in [0.4, 0.5) is 0 Å². The van der Waals surface area contributed by atoms with Crippen molar-refractivity contribution in [3.05, 3.63) is 12.2 Å². The minimum atomic E-state index is -1.18. The van der Waals surface area contributed by atoms with Crippen molar-refractivity contribution in [2.45, 2.75) is 13.0 Å². The van der Waals surface area contributed by atoms with Crippen LogP contribution in [0.1, 0.15) is 6.92 Å². The molecule has 6 nitrogen and oxygen atoms in total. The van der Waals surface area contributed by atoms with E-state index in [1.54, 1.807) is 0 Å². The van der Waals surface area contributed by atoms with Gasteiger partial charge >= 0.3 is 11.9 Å². The van der Waals surface area contributed by atoms with E-state index in [0.717, 1.165) is 0 Å². The van der Waals surface area contributed by atoms with Crippen molar-refractivity contribution >= 4 is 11.9 Å². The molecule has 0 aliphatic heterocycles. The third-order valence-electron chi connectivity index (χ3n) is 0.879. The molecule has 0 aliphatic carbocycles. The van der Waals surface area contributed by atoms with Gasteiger partial charge in [0.25, 0.3) is 0 Å². The summed E-state index contributed by atoms with van der Waals surface area (Å²) in [5.41, 5.74) is 4.94. The molecule has 5 N–H and O–H groups in total. The molecule has 6 heteroatoms. The van der Waals surface area contributed by atoms with E-state index in [1.165, 1.54) is 6.92 Å². The largest absolute Gasteiger partial charge is 0.480 e. The summed E-state index contributed by atoms with van der Waals surface area (Å²) in [6, 6.07) is -1.13. The zero-order valence-electron chi connectivity index (χ0n) is 7.23. The number of hydrogen-bond acceptors (Lipinski definition) is 4. The smallest absolute Gasteiger partial charge is 0.330 e. The lowest BCUT2D eigenvalue weighted by Crippen LogP contribution is -2.33. The van der Waals surface area contributed by atoms with Crippen molar-refractivity contribution in [1.82, 2.24) is 0 Å². The number of aliphatic hydroxyl groups is 1. The molecular formula is C7H13NO5. The Balaban J connectivity index is 0. The number of carboxylic acids is 2. The van der Waals surface area contributed by atoms with Crippen LogP contribution in [0.25, 0.3) is 0 Å². The van der Waals surface area contributed by atoms with Crippen LogP contribution in [0.15, 0.2) is 12.2 Å². The number of rotatable bonds is 3. The van der Waals surface area contributed by atoms with E-state index in [2.05, 4.69) is 6.58 Å². The second kappa shape index (κ2) is 7.26. The van der Waals surface area contributed by atoms with Crippen LogP contribution in [0.3, 0.4) is 0 Å². The van der Waals surface area contributed by atoms with E-state index in [0.29, 0.717) is 0 Å². The standard InChI is InChI=1S/C4H6O2.C3H7NO3/c1-3(2)4(5)6;4-2(1-5)3(6)7/h1H2,2H3,(H,5,6);2,5H,1,4H2,(H,6,7)/t;2-/m.0/s1. The first-order valence-electron chi connectivity index (χ1n) is 3.31. The van der Waals surface area contributed by atoms with Crippen LogP contribution in [0, 0.1) is 0 Å². The maximum Gasteiger partial charge on any atom is 0.330 e. The van der Waals surface area contributed by atoms with Crippen molar-refractivity contribution in [3.63, 3.8) is 0 Å². The lowest BCUT2D eigenvalue weighted by atomic mass is 10.3. The van der Waals surface area contributed by atoms with Gasteiger partial charge in [-0.25, -0.2) is 4.79 Å². The lowest BCUT2D eigenvalue weighted by molar-refractivity contribution is -0.139. The molecule has 0 saturated carbocycles. The first kappa shape index (κ1) is 14.1. The highest BCUT2D eigenvalue weighted by atomic mass is 16.4. The van der Waals surface area contributed by atoms with E-state index >= 15 is 0 Å². The molecule has 0 heterocycles. The van der Waals surface area contributed by atoms with Gasteiger partial charge in [0.05, 0.1) is 6.61 Å². The van der Waals surface area contributed by atoms with Crippen molar-refractivity contribution in [3.8, 4) is 0 Å². The van der Waals surface area contributed by atoms with Crippen LogP contribution < -0.4 is 5.73 Å². The molecule has 0 bridgehead atoms. The molecule has 0 aromatic carbocycles. The molecule has 0 spiro atoms. The Labute approximate surface area is 75.3 Å². The Morgan fingerprint density at radius 2 is 1.77 bits per heavy atom. The van der Waals surface area contributed by atoms with Gasteiger partial charge in [-0.1, -0.05) is 6.58 Å². The molecule has 0 aromatic heterocycles. The predicted molar refractivity (Wildman–Crippen MR) is 45.1 cm³/mol. The summed E-state index contributed by atoms with van der Waals surface area (Å²) in [6.45, 7) is 4.10. The summed E-state index contributed by atoms with van der Waals surface area (Å²) < 4.78 is 0. The van der Waals surface area contributed by atoms with E-state index in [4.69, 9.17) is 21.1 Å². The van der Waals surface area contributed by atoms with E-state index in [1.807, 2.05) is 0 Å². The summed E-state index contributed by atoms with van der Waals surface area (Å²) in [5.74, 6) is -2.11. The molecule has 0 fully saturated rings. The summed E-state index contributed by atoms with van der Waals surface area (Å²) in [4.78, 5) is 19.2. The Bertz CT molecular complexity index is 189. The molecule has 1 atom stereocenters. The van der Waals surface area contributed by atoms with Crippen molar-refractivity contribution < 1.29 is 24.9 Å². The van der Waals surface area contributed by atoms with Gasteiger partial charge < -0.3 is 21.1 Å². The van der Waals surface area contributed by atoms with E-state index < -0.39 is 24.6 Å². The summed E-state index contributed by atoms with van der Waals surface area (Å²) >= 11 is 0. The Hall–Kier alpha value is -1.40. The third kappa shape index (κ3) is 10.6. The summed E-state index contributed by atoms with van der Waals surface area (Å²) in [6.07, 6.45) is 0. The average molecular weight is 191 g/mol. The van der Waals surface area contributed by atoms with Crippen LogP contribution in [-0.4, -0.2) is 39.9 Å². The maximum atomic E-state index is 9.65. The molecular weight excluding hydrogens is 178 g/mol. The summed E-state index contributed by atoms with van der Waals surface area (Å²) in [7, 11) is 0. The number of aliphatic carboxylic acids is 2. The van der Waals surface area contributed by atoms with Crippen molar-refractivity contribution in [2.24, 2.45) is 5.73 Å². The van der Waals surface area contributed by atoms with Crippen LogP contribution >= 0.6 is 0 Å². The van der Waals surface area contributed by atoms with Crippen LogP contribution in [0.5, 0.6) is 0 Å². The zero-order chi connectivity index (χ0) is 11.0. The van der Waals surface area contributed by atoms with Gasteiger partial charge in [0.15, 0.2) is 0 Å². The Morgan fingerprint density at radius 1 is 1.46 bits per heavy atom. The first-order valence-corrected chi connectivity index (χ1v) is 3.31. The van der Waals surface area contributed by atoms with E-state index in [-0.39, 0.29) is 5.57 Å². The third-order valence-corrected chi connectivity index (χ3v) is 0.879.